The van der Waals surface area contributed by atoms with Crippen molar-refractivity contribution in [2.24, 2.45) is 0 Å². The number of amides is 1. The Bertz CT molecular complexity index is 960. The normalized spacial score (nSPS) is 19.1. The van der Waals surface area contributed by atoms with Crippen LogP contribution in [-0.4, -0.2) is 24.9 Å². The number of nitrogens with zero attached hydrogens (tertiary/aromatic N) is 1. The van der Waals surface area contributed by atoms with Crippen molar-refractivity contribution in [1.82, 2.24) is 5.06 Å². The Labute approximate surface area is 171 Å². The fraction of sp³-hybridized carbons (Fsp3) is 0.375. The molecule has 29 heavy (non-hydrogen) atoms. The number of hydroxylamine groups is 2. The number of hydrogen-bond acceptors (Lipinski definition) is 4. The number of unbranched alkanes of at least 4 members (excludes halogenated alkanes) is 1. The molecule has 5 heteroatoms. The first-order valence-corrected chi connectivity index (χ1v) is 10.1. The van der Waals surface area contributed by atoms with E-state index in [4.69, 9.17) is 14.3 Å². The van der Waals surface area contributed by atoms with Gasteiger partial charge in [-0.3, -0.25) is 9.63 Å². The molecule has 0 saturated carbocycles. The van der Waals surface area contributed by atoms with Crippen LogP contribution in [0, 0.1) is 11.8 Å². The number of rotatable bonds is 6. The van der Waals surface area contributed by atoms with Gasteiger partial charge in [0.2, 0.25) is 6.79 Å². The molecule has 0 N–H and O–H groups in total. The molecule has 0 radical (unpaired) electrons. The maximum absolute atomic E-state index is 13.1. The molecule has 0 saturated heterocycles. The summed E-state index contributed by atoms with van der Waals surface area (Å²) < 4.78 is 11.3. The van der Waals surface area contributed by atoms with Crippen LogP contribution in [0.4, 0.5) is 0 Å². The topological polar surface area (TPSA) is 48.0 Å². The van der Waals surface area contributed by atoms with Crippen molar-refractivity contribution < 1.29 is 19.1 Å². The second-order valence-electron chi connectivity index (χ2n) is 7.26. The zero-order valence-electron chi connectivity index (χ0n) is 16.9. The van der Waals surface area contributed by atoms with Crippen LogP contribution >= 0.6 is 0 Å². The Hall–Kier alpha value is -2.97. The van der Waals surface area contributed by atoms with Gasteiger partial charge in [-0.15, -0.1) is 5.92 Å². The van der Waals surface area contributed by atoms with E-state index in [1.165, 1.54) is 17.7 Å². The highest BCUT2D eigenvalue weighted by Gasteiger charge is 2.53. The Morgan fingerprint density at radius 3 is 2.76 bits per heavy atom. The molecular weight excluding hydrogens is 366 g/mol. The summed E-state index contributed by atoms with van der Waals surface area (Å²) in [5, 5.41) is 1.42. The zero-order chi connectivity index (χ0) is 20.3. The fourth-order valence-electron chi connectivity index (χ4n) is 4.08. The van der Waals surface area contributed by atoms with Crippen LogP contribution in [0.3, 0.4) is 0 Å². The van der Waals surface area contributed by atoms with E-state index in [-0.39, 0.29) is 12.7 Å². The standard InChI is InChI=1S/C24H25NO4/c1-3-4-15-24(16-9-8-12-18-10-6-5-7-11-18)21-19(23(26)25(24)27-2)13-14-20-22(21)29-17-28-20/h5-7,10-11,13-14H,3-4,8,12,15,17H2,1-2H3. The van der Waals surface area contributed by atoms with Crippen LogP contribution in [0.25, 0.3) is 0 Å². The molecular formula is C24H25NO4. The quantitative estimate of drug-likeness (QED) is 0.683. The third kappa shape index (κ3) is 3.34. The summed E-state index contributed by atoms with van der Waals surface area (Å²) in [7, 11) is 1.52. The van der Waals surface area contributed by atoms with Crippen molar-refractivity contribution in [3.63, 3.8) is 0 Å². The lowest BCUT2D eigenvalue weighted by molar-refractivity contribution is -0.143. The number of carbonyl (C=O) groups is 1. The molecule has 1 atom stereocenters. The monoisotopic (exact) mass is 391 g/mol. The van der Waals surface area contributed by atoms with Crippen molar-refractivity contribution >= 4 is 5.91 Å². The van der Waals surface area contributed by atoms with Crippen LogP contribution in [0.2, 0.25) is 0 Å². The third-order valence-corrected chi connectivity index (χ3v) is 5.47. The van der Waals surface area contributed by atoms with E-state index >= 15 is 0 Å². The minimum Gasteiger partial charge on any atom is -0.454 e. The van der Waals surface area contributed by atoms with E-state index in [1.807, 2.05) is 18.2 Å². The third-order valence-electron chi connectivity index (χ3n) is 5.47. The average Bonchev–Trinajstić information content (AvgIpc) is 3.31. The van der Waals surface area contributed by atoms with Crippen LogP contribution in [-0.2, 0) is 16.8 Å². The largest absolute Gasteiger partial charge is 0.454 e. The number of aryl methyl sites for hydroxylation is 1. The lowest BCUT2D eigenvalue weighted by atomic mass is 9.84. The smallest absolute Gasteiger partial charge is 0.279 e. The summed E-state index contributed by atoms with van der Waals surface area (Å²) in [6.07, 6.45) is 4.13. The number of fused-ring (bicyclic) bond motifs is 3. The summed E-state index contributed by atoms with van der Waals surface area (Å²) in [4.78, 5) is 18.7. The molecule has 1 unspecified atom stereocenters. The van der Waals surface area contributed by atoms with Crippen LogP contribution in [0.1, 0.15) is 54.1 Å². The molecule has 2 aromatic carbocycles. The van der Waals surface area contributed by atoms with Crippen molar-refractivity contribution in [3.8, 4) is 23.3 Å². The van der Waals surface area contributed by atoms with E-state index in [0.29, 0.717) is 29.9 Å². The van der Waals surface area contributed by atoms with E-state index in [9.17, 15) is 4.79 Å². The number of carbonyl (C=O) groups excluding carboxylic acids is 1. The molecule has 2 aliphatic heterocycles. The zero-order valence-corrected chi connectivity index (χ0v) is 16.9. The summed E-state index contributed by atoms with van der Waals surface area (Å²) in [5.41, 5.74) is 1.73. The minimum absolute atomic E-state index is 0.151. The molecule has 0 spiro atoms. The first kappa shape index (κ1) is 19.4. The highest BCUT2D eigenvalue weighted by molar-refractivity contribution is 6.01. The first-order chi connectivity index (χ1) is 14.2. The van der Waals surface area contributed by atoms with Gasteiger partial charge in [0, 0.05) is 6.42 Å². The number of hydrogen-bond donors (Lipinski definition) is 0. The molecule has 2 heterocycles. The SMILES string of the molecule is CCCCC1(C#CCCc2ccccc2)c2c(ccc3c2OCO3)C(=O)N1OC. The Morgan fingerprint density at radius 1 is 1.17 bits per heavy atom. The molecule has 0 bridgehead atoms. The maximum atomic E-state index is 13.1. The van der Waals surface area contributed by atoms with Crippen LogP contribution in [0.5, 0.6) is 11.5 Å². The van der Waals surface area contributed by atoms with Gasteiger partial charge in [0.25, 0.3) is 5.91 Å². The van der Waals surface area contributed by atoms with Gasteiger partial charge in [-0.2, -0.15) is 5.06 Å². The first-order valence-electron chi connectivity index (χ1n) is 10.1. The summed E-state index contributed by atoms with van der Waals surface area (Å²) in [5.74, 6) is 7.82. The minimum atomic E-state index is -0.868. The van der Waals surface area contributed by atoms with Crippen molar-refractivity contribution in [2.45, 2.75) is 44.6 Å². The highest BCUT2D eigenvalue weighted by atomic mass is 16.7. The molecule has 0 aliphatic carbocycles. The van der Waals surface area contributed by atoms with E-state index in [1.54, 1.807) is 12.1 Å². The lowest BCUT2D eigenvalue weighted by Crippen LogP contribution is -2.42. The Balaban J connectivity index is 1.74. The molecule has 5 nitrogen and oxygen atoms in total. The summed E-state index contributed by atoms with van der Waals surface area (Å²) >= 11 is 0. The van der Waals surface area contributed by atoms with Gasteiger partial charge >= 0.3 is 0 Å². The van der Waals surface area contributed by atoms with Crippen molar-refractivity contribution in [2.75, 3.05) is 13.9 Å². The Morgan fingerprint density at radius 2 is 2.00 bits per heavy atom. The molecule has 150 valence electrons. The van der Waals surface area contributed by atoms with Gasteiger partial charge in [-0.1, -0.05) is 49.6 Å². The van der Waals surface area contributed by atoms with Crippen molar-refractivity contribution in [1.29, 1.82) is 0 Å². The van der Waals surface area contributed by atoms with E-state index in [0.717, 1.165) is 24.8 Å². The lowest BCUT2D eigenvalue weighted by Gasteiger charge is -2.33. The van der Waals surface area contributed by atoms with Gasteiger partial charge in [-0.25, -0.2) is 0 Å². The molecule has 0 aromatic heterocycles. The number of ether oxygens (including phenoxy) is 2. The van der Waals surface area contributed by atoms with Crippen LogP contribution < -0.4 is 9.47 Å². The Kier molecular flexibility index (Phi) is 5.46. The highest BCUT2D eigenvalue weighted by Crippen LogP contribution is 2.51. The van der Waals surface area contributed by atoms with E-state index in [2.05, 4.69) is 30.9 Å². The van der Waals surface area contributed by atoms with Gasteiger partial charge in [0.15, 0.2) is 17.0 Å². The second kappa shape index (κ2) is 8.18. The average molecular weight is 391 g/mol. The molecule has 2 aromatic rings. The summed E-state index contributed by atoms with van der Waals surface area (Å²) in [6, 6.07) is 13.8. The maximum Gasteiger partial charge on any atom is 0.279 e. The second-order valence-corrected chi connectivity index (χ2v) is 7.26. The van der Waals surface area contributed by atoms with Crippen molar-refractivity contribution in [3.05, 3.63) is 59.2 Å². The fourth-order valence-corrected chi connectivity index (χ4v) is 4.08. The number of benzene rings is 2. The predicted molar refractivity (Wildman–Crippen MR) is 109 cm³/mol. The predicted octanol–water partition coefficient (Wildman–Crippen LogP) is 4.45. The molecule has 1 amide bonds. The van der Waals surface area contributed by atoms with Gasteiger partial charge in [0.1, 0.15) is 0 Å². The molecule has 4 rings (SSSR count). The molecule has 2 aliphatic rings. The molecule has 0 fully saturated rings. The van der Waals surface area contributed by atoms with E-state index < -0.39 is 5.54 Å². The van der Waals surface area contributed by atoms with Gasteiger partial charge in [-0.05, 0) is 37.0 Å². The van der Waals surface area contributed by atoms with Gasteiger partial charge < -0.3 is 9.47 Å². The van der Waals surface area contributed by atoms with Crippen LogP contribution in [0.15, 0.2) is 42.5 Å². The van der Waals surface area contributed by atoms with Gasteiger partial charge in [0.05, 0.1) is 18.2 Å². The summed E-state index contributed by atoms with van der Waals surface area (Å²) in [6.45, 7) is 2.28.